The minimum atomic E-state index is -0.184. The highest BCUT2D eigenvalue weighted by Gasteiger charge is 2.19. The molecule has 1 fully saturated rings. The molecule has 0 aliphatic carbocycles. The van der Waals surface area contributed by atoms with Crippen molar-refractivity contribution in [2.75, 3.05) is 31.7 Å². The number of amides is 2. The zero-order valence-electron chi connectivity index (χ0n) is 11.0. The number of benzene rings is 1. The van der Waals surface area contributed by atoms with E-state index in [1.165, 1.54) is 0 Å². The van der Waals surface area contributed by atoms with Gasteiger partial charge in [-0.15, -0.1) is 0 Å². The SMILES string of the molecule is O=C1COc2cc(C(=O)NC[C@@H]3CCOC3)ccc2N1. The summed E-state index contributed by atoms with van der Waals surface area (Å²) in [5, 5.41) is 5.59. The lowest BCUT2D eigenvalue weighted by molar-refractivity contribution is -0.118. The van der Waals surface area contributed by atoms with Crippen LogP contribution in [0.2, 0.25) is 0 Å². The molecule has 0 saturated carbocycles. The van der Waals surface area contributed by atoms with Gasteiger partial charge >= 0.3 is 0 Å². The van der Waals surface area contributed by atoms with E-state index in [1.807, 2.05) is 0 Å². The molecule has 2 aliphatic heterocycles. The van der Waals surface area contributed by atoms with Crippen molar-refractivity contribution in [2.45, 2.75) is 6.42 Å². The Balaban J connectivity index is 1.64. The Morgan fingerprint density at radius 1 is 1.45 bits per heavy atom. The van der Waals surface area contributed by atoms with Gasteiger partial charge in [0.2, 0.25) is 0 Å². The van der Waals surface area contributed by atoms with Crippen LogP contribution in [0, 0.1) is 5.92 Å². The van der Waals surface area contributed by atoms with E-state index in [2.05, 4.69) is 10.6 Å². The lowest BCUT2D eigenvalue weighted by Gasteiger charge is -2.18. The van der Waals surface area contributed by atoms with Crippen LogP contribution in [0.4, 0.5) is 5.69 Å². The van der Waals surface area contributed by atoms with E-state index >= 15 is 0 Å². The number of carbonyl (C=O) groups excluding carboxylic acids is 2. The quantitative estimate of drug-likeness (QED) is 0.855. The number of carbonyl (C=O) groups is 2. The van der Waals surface area contributed by atoms with Crippen LogP contribution in [0.15, 0.2) is 18.2 Å². The lowest BCUT2D eigenvalue weighted by Crippen LogP contribution is -2.30. The maximum atomic E-state index is 12.1. The van der Waals surface area contributed by atoms with Gasteiger partial charge in [-0.3, -0.25) is 9.59 Å². The van der Waals surface area contributed by atoms with Crippen molar-refractivity contribution in [1.82, 2.24) is 5.32 Å². The number of rotatable bonds is 3. The summed E-state index contributed by atoms with van der Waals surface area (Å²) in [6.07, 6.45) is 0.986. The monoisotopic (exact) mass is 276 g/mol. The Bertz CT molecular complexity index is 538. The summed E-state index contributed by atoms with van der Waals surface area (Å²) in [5.74, 6) is 0.602. The second-order valence-electron chi connectivity index (χ2n) is 4.99. The molecule has 1 saturated heterocycles. The summed E-state index contributed by atoms with van der Waals surface area (Å²) < 4.78 is 10.6. The summed E-state index contributed by atoms with van der Waals surface area (Å²) in [6.45, 7) is 2.08. The molecule has 2 amide bonds. The van der Waals surface area contributed by atoms with Gasteiger partial charge in [0, 0.05) is 24.6 Å². The lowest BCUT2D eigenvalue weighted by atomic mass is 10.1. The Morgan fingerprint density at radius 3 is 3.15 bits per heavy atom. The van der Waals surface area contributed by atoms with E-state index in [0.717, 1.165) is 13.0 Å². The van der Waals surface area contributed by atoms with Crippen molar-refractivity contribution in [3.63, 3.8) is 0 Å². The van der Waals surface area contributed by atoms with Crippen molar-refractivity contribution < 1.29 is 19.1 Å². The third-order valence-electron chi connectivity index (χ3n) is 3.45. The predicted molar refractivity (Wildman–Crippen MR) is 71.8 cm³/mol. The molecular weight excluding hydrogens is 260 g/mol. The van der Waals surface area contributed by atoms with Crippen LogP contribution in [-0.2, 0) is 9.53 Å². The van der Waals surface area contributed by atoms with Crippen molar-refractivity contribution in [3.8, 4) is 5.75 Å². The molecule has 1 aromatic carbocycles. The molecule has 0 bridgehead atoms. The number of anilines is 1. The van der Waals surface area contributed by atoms with Gasteiger partial charge in [-0.25, -0.2) is 0 Å². The first-order chi connectivity index (χ1) is 9.72. The van der Waals surface area contributed by atoms with Crippen molar-refractivity contribution in [3.05, 3.63) is 23.8 Å². The van der Waals surface area contributed by atoms with E-state index < -0.39 is 0 Å². The summed E-state index contributed by atoms with van der Waals surface area (Å²) in [5.41, 5.74) is 1.13. The van der Waals surface area contributed by atoms with E-state index in [9.17, 15) is 9.59 Å². The fourth-order valence-corrected chi connectivity index (χ4v) is 2.30. The van der Waals surface area contributed by atoms with Crippen LogP contribution < -0.4 is 15.4 Å². The van der Waals surface area contributed by atoms with Crippen molar-refractivity contribution in [2.24, 2.45) is 5.92 Å². The second kappa shape index (κ2) is 5.50. The predicted octanol–water partition coefficient (Wildman–Crippen LogP) is 0.784. The van der Waals surface area contributed by atoms with Crippen LogP contribution in [0.3, 0.4) is 0 Å². The minimum absolute atomic E-state index is 0.0164. The number of fused-ring (bicyclic) bond motifs is 1. The zero-order chi connectivity index (χ0) is 13.9. The topological polar surface area (TPSA) is 76.7 Å². The van der Waals surface area contributed by atoms with Gasteiger partial charge in [-0.05, 0) is 24.6 Å². The van der Waals surface area contributed by atoms with Crippen LogP contribution in [0.1, 0.15) is 16.8 Å². The van der Waals surface area contributed by atoms with Crippen LogP contribution in [0.5, 0.6) is 5.75 Å². The van der Waals surface area contributed by atoms with Crippen LogP contribution >= 0.6 is 0 Å². The Morgan fingerprint density at radius 2 is 2.35 bits per heavy atom. The zero-order valence-corrected chi connectivity index (χ0v) is 11.0. The Hall–Kier alpha value is -2.08. The molecule has 106 valence electrons. The van der Waals surface area contributed by atoms with E-state index in [-0.39, 0.29) is 18.4 Å². The van der Waals surface area contributed by atoms with Gasteiger partial charge in [0.25, 0.3) is 11.8 Å². The summed E-state index contributed by atoms with van der Waals surface area (Å²) in [6, 6.07) is 5.00. The summed E-state index contributed by atoms with van der Waals surface area (Å²) in [7, 11) is 0. The Kier molecular flexibility index (Phi) is 3.56. The first-order valence-electron chi connectivity index (χ1n) is 6.65. The number of ether oxygens (including phenoxy) is 2. The highest BCUT2D eigenvalue weighted by Crippen LogP contribution is 2.28. The molecule has 1 aromatic rings. The van der Waals surface area contributed by atoms with Gasteiger partial charge in [0.05, 0.1) is 12.3 Å². The third-order valence-corrected chi connectivity index (χ3v) is 3.45. The van der Waals surface area contributed by atoms with Crippen molar-refractivity contribution >= 4 is 17.5 Å². The number of nitrogens with one attached hydrogen (secondary N) is 2. The molecule has 0 radical (unpaired) electrons. The highest BCUT2D eigenvalue weighted by molar-refractivity contribution is 5.98. The first kappa shape index (κ1) is 12.9. The van der Waals surface area contributed by atoms with Gasteiger partial charge in [-0.2, -0.15) is 0 Å². The van der Waals surface area contributed by atoms with Gasteiger partial charge < -0.3 is 20.1 Å². The Labute approximate surface area is 116 Å². The van der Waals surface area contributed by atoms with E-state index in [1.54, 1.807) is 18.2 Å². The average Bonchev–Trinajstić information content (AvgIpc) is 2.97. The molecule has 2 heterocycles. The number of hydrogen-bond acceptors (Lipinski definition) is 4. The molecule has 0 aromatic heterocycles. The molecular formula is C14H16N2O4. The van der Waals surface area contributed by atoms with Gasteiger partial charge in [0.15, 0.2) is 6.61 Å². The molecule has 20 heavy (non-hydrogen) atoms. The van der Waals surface area contributed by atoms with Crippen LogP contribution in [0.25, 0.3) is 0 Å². The molecule has 0 spiro atoms. The van der Waals surface area contributed by atoms with Crippen molar-refractivity contribution in [1.29, 1.82) is 0 Å². The van der Waals surface area contributed by atoms with Gasteiger partial charge in [-0.1, -0.05) is 0 Å². The molecule has 6 nitrogen and oxygen atoms in total. The smallest absolute Gasteiger partial charge is 0.262 e. The number of hydrogen-bond donors (Lipinski definition) is 2. The molecule has 2 N–H and O–H groups in total. The standard InChI is InChI=1S/C14H16N2O4/c17-13-8-20-12-5-10(1-2-11(12)16-13)14(18)15-6-9-3-4-19-7-9/h1-2,5,9H,3-4,6-8H2,(H,15,18)(H,16,17)/t9-/m0/s1. The minimum Gasteiger partial charge on any atom is -0.482 e. The van der Waals surface area contributed by atoms with E-state index in [4.69, 9.17) is 9.47 Å². The second-order valence-corrected chi connectivity index (χ2v) is 4.99. The largest absolute Gasteiger partial charge is 0.482 e. The maximum absolute atomic E-state index is 12.1. The molecule has 3 rings (SSSR count). The summed E-state index contributed by atoms with van der Waals surface area (Å²) >= 11 is 0. The first-order valence-corrected chi connectivity index (χ1v) is 6.65. The normalized spacial score (nSPS) is 20.8. The third kappa shape index (κ3) is 2.75. The molecule has 6 heteroatoms. The molecule has 1 atom stereocenters. The summed E-state index contributed by atoms with van der Waals surface area (Å²) in [4.78, 5) is 23.2. The molecule has 2 aliphatic rings. The fraction of sp³-hybridized carbons (Fsp3) is 0.429. The fourth-order valence-electron chi connectivity index (χ4n) is 2.30. The maximum Gasteiger partial charge on any atom is 0.262 e. The average molecular weight is 276 g/mol. The molecule has 0 unspecified atom stereocenters. The van der Waals surface area contributed by atoms with Crippen LogP contribution in [-0.4, -0.2) is 38.2 Å². The highest BCUT2D eigenvalue weighted by atomic mass is 16.5. The van der Waals surface area contributed by atoms with Gasteiger partial charge in [0.1, 0.15) is 5.75 Å². The van der Waals surface area contributed by atoms with E-state index in [0.29, 0.717) is 36.1 Å².